The first-order valence-electron chi connectivity index (χ1n) is 8.52. The molecule has 142 valence electrons. The van der Waals surface area contributed by atoms with E-state index in [0.717, 1.165) is 22.6 Å². The van der Waals surface area contributed by atoms with Crippen molar-refractivity contribution in [1.82, 2.24) is 0 Å². The summed E-state index contributed by atoms with van der Waals surface area (Å²) in [6.07, 6.45) is 0.567. The van der Waals surface area contributed by atoms with Crippen molar-refractivity contribution in [2.75, 3.05) is 25.6 Å². The average molecular weight is 371 g/mol. The molecule has 0 aliphatic carbocycles. The summed E-state index contributed by atoms with van der Waals surface area (Å²) in [6.45, 7) is 1.72. The topological polar surface area (TPSA) is 94.1 Å². The van der Waals surface area contributed by atoms with Gasteiger partial charge in [-0.1, -0.05) is 0 Å². The normalized spacial score (nSPS) is 15.3. The van der Waals surface area contributed by atoms with Gasteiger partial charge >= 0.3 is 5.97 Å². The summed E-state index contributed by atoms with van der Waals surface area (Å²) >= 11 is 0. The number of aryl methyl sites for hydroxylation is 1. The molecule has 0 aromatic heterocycles. The van der Waals surface area contributed by atoms with Crippen LogP contribution in [-0.2, 0) is 16.0 Å². The van der Waals surface area contributed by atoms with E-state index in [2.05, 4.69) is 5.32 Å². The third-order valence-corrected chi connectivity index (χ3v) is 4.36. The highest BCUT2D eigenvalue weighted by Crippen LogP contribution is 2.31. The fourth-order valence-electron chi connectivity index (χ4n) is 2.91. The highest BCUT2D eigenvalue weighted by molar-refractivity contribution is 5.93. The number of aliphatic carboxylic acids is 1. The molecule has 1 atom stereocenters. The van der Waals surface area contributed by atoms with Crippen LogP contribution >= 0.6 is 0 Å². The lowest BCUT2D eigenvalue weighted by atomic mass is 9.95. The maximum Gasteiger partial charge on any atom is 0.341 e. The number of hydrogen-bond donors (Lipinski definition) is 2. The second-order valence-electron chi connectivity index (χ2n) is 6.33. The summed E-state index contributed by atoms with van der Waals surface area (Å²) in [5.74, 6) is 0.453. The number of hydrogen-bond acceptors (Lipinski definition) is 5. The third-order valence-electron chi connectivity index (χ3n) is 4.36. The van der Waals surface area contributed by atoms with Gasteiger partial charge < -0.3 is 24.6 Å². The van der Waals surface area contributed by atoms with E-state index in [1.807, 2.05) is 25.1 Å². The van der Waals surface area contributed by atoms with Crippen LogP contribution in [0, 0.1) is 12.8 Å². The largest absolute Gasteiger partial charge is 0.497 e. The molecule has 7 nitrogen and oxygen atoms in total. The molecule has 1 unspecified atom stereocenters. The van der Waals surface area contributed by atoms with E-state index in [4.69, 9.17) is 19.3 Å². The Balaban J connectivity index is 1.66. The van der Waals surface area contributed by atoms with Crippen molar-refractivity contribution in [3.05, 3.63) is 47.5 Å². The van der Waals surface area contributed by atoms with Crippen LogP contribution in [0.2, 0.25) is 0 Å². The number of carboxylic acid groups (broad SMARTS) is 1. The molecule has 1 aliphatic rings. The Morgan fingerprint density at radius 2 is 2.00 bits per heavy atom. The molecule has 0 spiro atoms. The average Bonchev–Trinajstić information content (AvgIpc) is 2.67. The molecule has 1 aliphatic heterocycles. The number of ether oxygens (including phenoxy) is 3. The Hall–Kier alpha value is -3.22. The predicted octanol–water partition coefficient (Wildman–Crippen LogP) is 2.66. The number of carbonyl (C=O) groups is 2. The number of nitrogens with one attached hydrogen (secondary N) is 1. The van der Waals surface area contributed by atoms with E-state index in [1.165, 1.54) is 0 Å². The monoisotopic (exact) mass is 371 g/mol. The van der Waals surface area contributed by atoms with Gasteiger partial charge in [0.2, 0.25) is 5.91 Å². The van der Waals surface area contributed by atoms with E-state index >= 15 is 0 Å². The molecule has 0 saturated carbocycles. The Bertz CT molecular complexity index is 864. The zero-order valence-electron chi connectivity index (χ0n) is 15.2. The first kappa shape index (κ1) is 18.6. The molecule has 1 heterocycles. The number of benzene rings is 2. The van der Waals surface area contributed by atoms with E-state index in [1.54, 1.807) is 25.3 Å². The van der Waals surface area contributed by atoms with E-state index < -0.39 is 12.6 Å². The van der Waals surface area contributed by atoms with Crippen molar-refractivity contribution in [1.29, 1.82) is 0 Å². The highest BCUT2D eigenvalue weighted by Gasteiger charge is 2.26. The summed E-state index contributed by atoms with van der Waals surface area (Å²) in [7, 11) is 1.60. The number of amides is 1. The van der Waals surface area contributed by atoms with Gasteiger partial charge in [-0.3, -0.25) is 4.79 Å². The highest BCUT2D eigenvalue weighted by atomic mass is 16.5. The Kier molecular flexibility index (Phi) is 5.49. The Morgan fingerprint density at radius 1 is 1.22 bits per heavy atom. The van der Waals surface area contributed by atoms with Gasteiger partial charge in [0.1, 0.15) is 23.9 Å². The lowest BCUT2D eigenvalue weighted by molar-refractivity contribution is -0.139. The van der Waals surface area contributed by atoms with E-state index in [-0.39, 0.29) is 11.8 Å². The molecule has 27 heavy (non-hydrogen) atoms. The quantitative estimate of drug-likeness (QED) is 0.811. The Morgan fingerprint density at radius 3 is 2.70 bits per heavy atom. The lowest BCUT2D eigenvalue weighted by Gasteiger charge is -2.25. The molecule has 0 saturated heterocycles. The first-order chi connectivity index (χ1) is 13.0. The number of carboxylic acids is 1. The summed E-state index contributed by atoms with van der Waals surface area (Å²) in [4.78, 5) is 23.2. The van der Waals surface area contributed by atoms with E-state index in [0.29, 0.717) is 24.5 Å². The van der Waals surface area contributed by atoms with Crippen LogP contribution in [0.15, 0.2) is 36.4 Å². The summed E-state index contributed by atoms with van der Waals surface area (Å²) in [5, 5.41) is 11.6. The fraction of sp³-hybridized carbons (Fsp3) is 0.300. The van der Waals surface area contributed by atoms with E-state index in [9.17, 15) is 9.59 Å². The van der Waals surface area contributed by atoms with Gasteiger partial charge in [0.05, 0.1) is 13.0 Å². The first-order valence-corrected chi connectivity index (χ1v) is 8.52. The van der Waals surface area contributed by atoms with Crippen LogP contribution in [0.25, 0.3) is 0 Å². The molecule has 0 fully saturated rings. The van der Waals surface area contributed by atoms with Crippen LogP contribution in [0.5, 0.6) is 17.2 Å². The second-order valence-corrected chi connectivity index (χ2v) is 6.33. The molecule has 2 aromatic rings. The minimum absolute atomic E-state index is 0.134. The smallest absolute Gasteiger partial charge is 0.341 e. The van der Waals surface area contributed by atoms with Crippen molar-refractivity contribution in [3.63, 3.8) is 0 Å². The number of anilines is 1. The van der Waals surface area contributed by atoms with Crippen molar-refractivity contribution < 1.29 is 28.9 Å². The molecular formula is C20H21NO6. The lowest BCUT2D eigenvalue weighted by Crippen LogP contribution is -2.32. The molecule has 7 heteroatoms. The number of carbonyl (C=O) groups excluding carboxylic acids is 1. The zero-order chi connectivity index (χ0) is 19.4. The van der Waals surface area contributed by atoms with Crippen molar-refractivity contribution >= 4 is 17.6 Å². The number of rotatable bonds is 6. The summed E-state index contributed by atoms with van der Waals surface area (Å²) in [6, 6.07) is 10.6. The Labute approximate surface area is 156 Å². The van der Waals surface area contributed by atoms with Crippen molar-refractivity contribution in [2.24, 2.45) is 5.92 Å². The van der Waals surface area contributed by atoms with Crippen LogP contribution in [0.3, 0.4) is 0 Å². The van der Waals surface area contributed by atoms with Gasteiger partial charge in [0.25, 0.3) is 0 Å². The SMILES string of the molecule is COc1ccc2c(c1)CC(C(=O)Nc1ccc(OCC(=O)O)cc1C)CO2. The molecule has 2 aromatic carbocycles. The minimum atomic E-state index is -1.04. The molecule has 0 radical (unpaired) electrons. The van der Waals surface area contributed by atoms with Gasteiger partial charge in [0, 0.05) is 5.69 Å². The van der Waals surface area contributed by atoms with Gasteiger partial charge in [-0.2, -0.15) is 0 Å². The number of fused-ring (bicyclic) bond motifs is 1. The molecule has 0 bridgehead atoms. The van der Waals surface area contributed by atoms with Crippen molar-refractivity contribution in [3.8, 4) is 17.2 Å². The van der Waals surface area contributed by atoms with Crippen LogP contribution in [-0.4, -0.2) is 37.3 Å². The van der Waals surface area contributed by atoms with Gasteiger partial charge in [-0.05, 0) is 60.9 Å². The second kappa shape index (κ2) is 7.99. The third kappa shape index (κ3) is 4.49. The number of methoxy groups -OCH3 is 1. The van der Waals surface area contributed by atoms with Crippen LogP contribution in [0.1, 0.15) is 11.1 Å². The van der Waals surface area contributed by atoms with Crippen LogP contribution < -0.4 is 19.5 Å². The molecular weight excluding hydrogens is 350 g/mol. The maximum atomic E-state index is 12.7. The maximum absolute atomic E-state index is 12.7. The molecule has 2 N–H and O–H groups in total. The zero-order valence-corrected chi connectivity index (χ0v) is 15.2. The fourth-order valence-corrected chi connectivity index (χ4v) is 2.91. The van der Waals surface area contributed by atoms with Gasteiger partial charge in [-0.15, -0.1) is 0 Å². The standard InChI is InChI=1S/C20H21NO6/c1-12-7-16(26-11-19(22)23)3-5-17(12)21-20(24)14-8-13-9-15(25-2)4-6-18(13)27-10-14/h3-7,9,14H,8,10-11H2,1-2H3,(H,21,24)(H,22,23). The van der Waals surface area contributed by atoms with Crippen LogP contribution in [0.4, 0.5) is 5.69 Å². The predicted molar refractivity (Wildman–Crippen MR) is 98.6 cm³/mol. The van der Waals surface area contributed by atoms with Gasteiger partial charge in [-0.25, -0.2) is 4.79 Å². The summed E-state index contributed by atoms with van der Waals surface area (Å²) < 4.78 is 16.1. The van der Waals surface area contributed by atoms with Crippen molar-refractivity contribution in [2.45, 2.75) is 13.3 Å². The summed E-state index contributed by atoms with van der Waals surface area (Å²) in [5.41, 5.74) is 2.37. The van der Waals surface area contributed by atoms with Gasteiger partial charge in [0.15, 0.2) is 6.61 Å². The molecule has 1 amide bonds. The molecule has 3 rings (SSSR count). The minimum Gasteiger partial charge on any atom is -0.497 e.